The molecule has 3 N–H and O–H groups in total. The predicted octanol–water partition coefficient (Wildman–Crippen LogP) is 0.845. The van der Waals surface area contributed by atoms with Crippen LogP contribution in [-0.2, 0) is 4.79 Å². The second-order valence-electron chi connectivity index (χ2n) is 4.18. The fourth-order valence-corrected chi connectivity index (χ4v) is 1.59. The van der Waals surface area contributed by atoms with E-state index < -0.39 is 5.54 Å². The molecule has 1 aliphatic heterocycles. The SMILES string of the molecule is NC1(C(=O)Nc2ccc3c(c2)OCO3)CC1. The Hall–Kier alpha value is -1.75. The second kappa shape index (κ2) is 3.12. The molecular weight excluding hydrogens is 208 g/mol. The maximum atomic E-state index is 11.7. The normalized spacial score (nSPS) is 19.3. The molecule has 0 radical (unpaired) electrons. The molecule has 5 heteroatoms. The largest absolute Gasteiger partial charge is 0.454 e. The zero-order chi connectivity index (χ0) is 11.2. The van der Waals surface area contributed by atoms with E-state index in [0.29, 0.717) is 17.2 Å². The zero-order valence-corrected chi connectivity index (χ0v) is 8.66. The number of hydrogen-bond acceptors (Lipinski definition) is 4. The summed E-state index contributed by atoms with van der Waals surface area (Å²) in [5.41, 5.74) is 5.81. The van der Waals surface area contributed by atoms with Crippen molar-refractivity contribution in [2.45, 2.75) is 18.4 Å². The molecule has 3 rings (SSSR count). The summed E-state index contributed by atoms with van der Waals surface area (Å²) in [6, 6.07) is 5.29. The van der Waals surface area contributed by atoms with E-state index in [2.05, 4.69) is 5.32 Å². The third kappa shape index (κ3) is 1.49. The molecule has 0 aromatic heterocycles. The van der Waals surface area contributed by atoms with Crippen molar-refractivity contribution in [3.63, 3.8) is 0 Å². The van der Waals surface area contributed by atoms with Gasteiger partial charge in [0.25, 0.3) is 0 Å². The van der Waals surface area contributed by atoms with Crippen LogP contribution in [0.2, 0.25) is 0 Å². The molecule has 1 saturated carbocycles. The summed E-state index contributed by atoms with van der Waals surface area (Å²) >= 11 is 0. The van der Waals surface area contributed by atoms with E-state index in [1.807, 2.05) is 0 Å². The van der Waals surface area contributed by atoms with Gasteiger partial charge in [-0.3, -0.25) is 4.79 Å². The molecule has 1 heterocycles. The summed E-state index contributed by atoms with van der Waals surface area (Å²) in [5.74, 6) is 1.22. The van der Waals surface area contributed by atoms with Crippen LogP contribution in [0.15, 0.2) is 18.2 Å². The highest BCUT2D eigenvalue weighted by molar-refractivity contribution is 6.00. The van der Waals surface area contributed by atoms with Crippen LogP contribution in [0.1, 0.15) is 12.8 Å². The van der Waals surface area contributed by atoms with E-state index in [1.54, 1.807) is 18.2 Å². The van der Waals surface area contributed by atoms with Gasteiger partial charge in [-0.2, -0.15) is 0 Å². The van der Waals surface area contributed by atoms with Crippen molar-refractivity contribution in [1.29, 1.82) is 0 Å². The van der Waals surface area contributed by atoms with Crippen LogP contribution < -0.4 is 20.5 Å². The number of ether oxygens (including phenoxy) is 2. The number of rotatable bonds is 2. The number of carbonyl (C=O) groups is 1. The summed E-state index contributed by atoms with van der Waals surface area (Å²) in [6.07, 6.45) is 1.51. The van der Waals surface area contributed by atoms with Crippen molar-refractivity contribution in [1.82, 2.24) is 0 Å². The standard InChI is InChI=1S/C11H12N2O3/c12-11(3-4-11)10(14)13-7-1-2-8-9(5-7)16-6-15-8/h1-2,5H,3-4,6,12H2,(H,13,14). The van der Waals surface area contributed by atoms with Gasteiger partial charge in [0.05, 0.1) is 5.54 Å². The highest BCUT2D eigenvalue weighted by atomic mass is 16.7. The Kier molecular flexibility index (Phi) is 1.85. The molecule has 1 aliphatic carbocycles. The Morgan fingerprint density at radius 2 is 2.06 bits per heavy atom. The van der Waals surface area contributed by atoms with Crippen molar-refractivity contribution < 1.29 is 14.3 Å². The Bertz CT molecular complexity index is 455. The monoisotopic (exact) mass is 220 g/mol. The molecule has 1 fully saturated rings. The lowest BCUT2D eigenvalue weighted by Crippen LogP contribution is -2.37. The van der Waals surface area contributed by atoms with Crippen molar-refractivity contribution in [2.24, 2.45) is 5.73 Å². The molecular formula is C11H12N2O3. The lowest BCUT2D eigenvalue weighted by atomic mass is 10.2. The minimum absolute atomic E-state index is 0.133. The van der Waals surface area contributed by atoms with E-state index >= 15 is 0 Å². The fraction of sp³-hybridized carbons (Fsp3) is 0.364. The maximum absolute atomic E-state index is 11.7. The Balaban J connectivity index is 1.78. The first kappa shape index (κ1) is 9.47. The molecule has 0 unspecified atom stereocenters. The zero-order valence-electron chi connectivity index (χ0n) is 8.66. The number of nitrogens with two attached hydrogens (primary N) is 1. The van der Waals surface area contributed by atoms with E-state index in [4.69, 9.17) is 15.2 Å². The average molecular weight is 220 g/mol. The van der Waals surface area contributed by atoms with E-state index in [0.717, 1.165) is 12.8 Å². The molecule has 1 amide bonds. The summed E-state index contributed by atoms with van der Waals surface area (Å²) in [4.78, 5) is 11.7. The van der Waals surface area contributed by atoms with Crippen molar-refractivity contribution in [3.05, 3.63) is 18.2 Å². The third-order valence-corrected chi connectivity index (χ3v) is 2.87. The molecule has 0 saturated heterocycles. The van der Waals surface area contributed by atoms with Gasteiger partial charge in [0.2, 0.25) is 12.7 Å². The quantitative estimate of drug-likeness (QED) is 0.774. The molecule has 5 nitrogen and oxygen atoms in total. The number of carbonyl (C=O) groups excluding carboxylic acids is 1. The van der Waals surface area contributed by atoms with Crippen molar-refractivity contribution in [2.75, 3.05) is 12.1 Å². The van der Waals surface area contributed by atoms with E-state index in [-0.39, 0.29) is 12.7 Å². The van der Waals surface area contributed by atoms with Crippen molar-refractivity contribution >= 4 is 11.6 Å². The Morgan fingerprint density at radius 1 is 1.31 bits per heavy atom. The molecule has 16 heavy (non-hydrogen) atoms. The third-order valence-electron chi connectivity index (χ3n) is 2.87. The van der Waals surface area contributed by atoms with Gasteiger partial charge >= 0.3 is 0 Å². The highest BCUT2D eigenvalue weighted by Gasteiger charge is 2.45. The fourth-order valence-electron chi connectivity index (χ4n) is 1.59. The average Bonchev–Trinajstić information content (AvgIpc) is 2.87. The summed E-state index contributed by atoms with van der Waals surface area (Å²) < 4.78 is 10.4. The predicted molar refractivity (Wildman–Crippen MR) is 57.3 cm³/mol. The summed E-state index contributed by atoms with van der Waals surface area (Å²) in [7, 11) is 0. The summed E-state index contributed by atoms with van der Waals surface area (Å²) in [6.45, 7) is 0.230. The number of anilines is 1. The molecule has 0 bridgehead atoms. The molecule has 1 aromatic rings. The minimum Gasteiger partial charge on any atom is -0.454 e. The van der Waals surface area contributed by atoms with Crippen LogP contribution in [0, 0.1) is 0 Å². The van der Waals surface area contributed by atoms with Gasteiger partial charge in [-0.15, -0.1) is 0 Å². The van der Waals surface area contributed by atoms with Crippen LogP contribution in [0.5, 0.6) is 11.5 Å². The number of benzene rings is 1. The van der Waals surface area contributed by atoms with Crippen LogP contribution in [0.4, 0.5) is 5.69 Å². The van der Waals surface area contributed by atoms with E-state index in [1.165, 1.54) is 0 Å². The van der Waals surface area contributed by atoms with Gasteiger partial charge in [0.15, 0.2) is 11.5 Å². The van der Waals surface area contributed by atoms with Gasteiger partial charge in [-0.05, 0) is 25.0 Å². The van der Waals surface area contributed by atoms with Crippen molar-refractivity contribution in [3.8, 4) is 11.5 Å². The first-order chi connectivity index (χ1) is 7.67. The van der Waals surface area contributed by atoms with Crippen LogP contribution in [0.3, 0.4) is 0 Å². The molecule has 0 atom stereocenters. The Labute approximate surface area is 92.5 Å². The number of nitrogens with one attached hydrogen (secondary N) is 1. The maximum Gasteiger partial charge on any atom is 0.244 e. The lowest BCUT2D eigenvalue weighted by Gasteiger charge is -2.10. The van der Waals surface area contributed by atoms with Gasteiger partial charge < -0.3 is 20.5 Å². The van der Waals surface area contributed by atoms with Gasteiger partial charge in [0, 0.05) is 11.8 Å². The molecule has 84 valence electrons. The first-order valence-corrected chi connectivity index (χ1v) is 5.17. The minimum atomic E-state index is -0.656. The molecule has 1 aromatic carbocycles. The lowest BCUT2D eigenvalue weighted by molar-refractivity contribution is -0.118. The molecule has 0 spiro atoms. The smallest absolute Gasteiger partial charge is 0.244 e. The first-order valence-electron chi connectivity index (χ1n) is 5.17. The number of fused-ring (bicyclic) bond motifs is 1. The second-order valence-corrected chi connectivity index (χ2v) is 4.18. The van der Waals surface area contributed by atoms with Crippen LogP contribution in [0.25, 0.3) is 0 Å². The van der Waals surface area contributed by atoms with Gasteiger partial charge in [-0.25, -0.2) is 0 Å². The van der Waals surface area contributed by atoms with Gasteiger partial charge in [-0.1, -0.05) is 0 Å². The topological polar surface area (TPSA) is 73.6 Å². The van der Waals surface area contributed by atoms with E-state index in [9.17, 15) is 4.79 Å². The number of hydrogen-bond donors (Lipinski definition) is 2. The van der Waals surface area contributed by atoms with Crippen LogP contribution >= 0.6 is 0 Å². The Morgan fingerprint density at radius 3 is 2.81 bits per heavy atom. The summed E-state index contributed by atoms with van der Waals surface area (Å²) in [5, 5.41) is 2.77. The van der Waals surface area contributed by atoms with Crippen LogP contribution in [-0.4, -0.2) is 18.2 Å². The number of amides is 1. The van der Waals surface area contributed by atoms with Gasteiger partial charge in [0.1, 0.15) is 0 Å². The highest BCUT2D eigenvalue weighted by Crippen LogP contribution is 2.36. The molecule has 2 aliphatic rings.